The highest BCUT2D eigenvalue weighted by molar-refractivity contribution is 6.01. The lowest BCUT2D eigenvalue weighted by atomic mass is 9.94. The molecule has 0 atom stereocenters. The summed E-state index contributed by atoms with van der Waals surface area (Å²) < 4.78 is 0. The Hall–Kier alpha value is -2.86. The summed E-state index contributed by atoms with van der Waals surface area (Å²) in [5, 5.41) is 3.20. The van der Waals surface area contributed by atoms with E-state index in [1.54, 1.807) is 19.5 Å². The van der Waals surface area contributed by atoms with Crippen LogP contribution in [0.25, 0.3) is 0 Å². The summed E-state index contributed by atoms with van der Waals surface area (Å²) >= 11 is 0. The minimum Gasteiger partial charge on any atom is -0.404 e. The fourth-order valence-electron chi connectivity index (χ4n) is 3.88. The summed E-state index contributed by atoms with van der Waals surface area (Å²) in [7, 11) is 1.71. The van der Waals surface area contributed by atoms with Gasteiger partial charge >= 0.3 is 0 Å². The van der Waals surface area contributed by atoms with Crippen LogP contribution in [0, 0.1) is 0 Å². The van der Waals surface area contributed by atoms with E-state index >= 15 is 0 Å². The Morgan fingerprint density at radius 2 is 1.94 bits per heavy atom. The highest BCUT2D eigenvalue weighted by Crippen LogP contribution is 2.23. The topological polar surface area (TPSA) is 115 Å². The lowest BCUT2D eigenvalue weighted by molar-refractivity contribution is 0.443. The van der Waals surface area contributed by atoms with Crippen LogP contribution in [0.4, 0.5) is 0 Å². The first kappa shape index (κ1) is 28.2. The Bertz CT molecular complexity index is 818. The van der Waals surface area contributed by atoms with Gasteiger partial charge < -0.3 is 22.5 Å². The molecule has 33 heavy (non-hydrogen) atoms. The largest absolute Gasteiger partial charge is 0.404 e. The smallest absolute Gasteiger partial charge is 0.0503 e. The second kappa shape index (κ2) is 16.7. The maximum Gasteiger partial charge on any atom is 0.0503 e. The van der Waals surface area contributed by atoms with Crippen molar-refractivity contribution >= 4 is 11.9 Å². The molecular weight excluding hydrogens is 408 g/mol. The predicted octanol–water partition coefficient (Wildman–Crippen LogP) is 4.44. The molecule has 1 aliphatic rings. The summed E-state index contributed by atoms with van der Waals surface area (Å²) in [4.78, 5) is 9.17. The molecule has 0 aromatic heterocycles. The van der Waals surface area contributed by atoms with Gasteiger partial charge in [-0.2, -0.15) is 0 Å². The standard InChI is InChI=1S/C27H44N6/c1-5-25(26(15-16-32-6-2)33-24-13-8-7-9-14-24)27(30)21(3)11-10-12-22(18-28)17-23(19-29)20-31-4/h6,10-12,17,19-20,24,32H,2,5,7-9,13-16,18,28-30H2,1,3-4H3/b12-10-,21-11+,22-17-,23-19?,27-25?,31-20?,33-26?. The van der Waals surface area contributed by atoms with E-state index in [0.717, 1.165) is 53.1 Å². The van der Waals surface area contributed by atoms with E-state index in [9.17, 15) is 0 Å². The van der Waals surface area contributed by atoms with Crippen LogP contribution in [-0.4, -0.2) is 38.1 Å². The predicted molar refractivity (Wildman–Crippen MR) is 145 cm³/mol. The molecule has 182 valence electrons. The number of rotatable bonds is 13. The average molecular weight is 453 g/mol. The van der Waals surface area contributed by atoms with E-state index < -0.39 is 0 Å². The van der Waals surface area contributed by atoms with Crippen LogP contribution in [0.5, 0.6) is 0 Å². The summed E-state index contributed by atoms with van der Waals surface area (Å²) in [5.41, 5.74) is 24.0. The van der Waals surface area contributed by atoms with Gasteiger partial charge in [-0.15, -0.1) is 0 Å². The molecule has 7 N–H and O–H groups in total. The quantitative estimate of drug-likeness (QED) is 0.188. The number of hydrogen-bond acceptors (Lipinski definition) is 6. The van der Waals surface area contributed by atoms with E-state index in [4.69, 9.17) is 22.2 Å². The minimum atomic E-state index is 0.401. The van der Waals surface area contributed by atoms with E-state index in [0.29, 0.717) is 12.6 Å². The second-order valence-corrected chi connectivity index (χ2v) is 8.21. The Kier molecular flexibility index (Phi) is 14.3. The second-order valence-electron chi connectivity index (χ2n) is 8.21. The van der Waals surface area contributed by atoms with Crippen molar-refractivity contribution in [3.63, 3.8) is 0 Å². The first-order valence-electron chi connectivity index (χ1n) is 12.0. The summed E-state index contributed by atoms with van der Waals surface area (Å²) in [6, 6.07) is 0.407. The monoisotopic (exact) mass is 452 g/mol. The van der Waals surface area contributed by atoms with Crippen LogP contribution < -0.4 is 22.5 Å². The van der Waals surface area contributed by atoms with E-state index in [1.165, 1.54) is 38.3 Å². The van der Waals surface area contributed by atoms with Crippen molar-refractivity contribution in [2.45, 2.75) is 64.8 Å². The van der Waals surface area contributed by atoms with Crippen molar-refractivity contribution in [1.82, 2.24) is 5.32 Å². The zero-order valence-corrected chi connectivity index (χ0v) is 20.8. The lowest BCUT2D eigenvalue weighted by Crippen LogP contribution is -2.20. The fraction of sp³-hybridized carbons (Fsp3) is 0.481. The van der Waals surface area contributed by atoms with E-state index in [1.807, 2.05) is 31.2 Å². The van der Waals surface area contributed by atoms with Crippen LogP contribution in [0.1, 0.15) is 58.8 Å². The average Bonchev–Trinajstić information content (AvgIpc) is 2.83. The first-order valence-corrected chi connectivity index (χ1v) is 12.0. The molecule has 1 fully saturated rings. The Labute approximate surface area is 200 Å². The first-order chi connectivity index (χ1) is 16.0. The third kappa shape index (κ3) is 10.5. The molecule has 0 heterocycles. The van der Waals surface area contributed by atoms with Gasteiger partial charge in [-0.1, -0.05) is 51.0 Å². The summed E-state index contributed by atoms with van der Waals surface area (Å²) in [6.45, 7) is 9.14. The van der Waals surface area contributed by atoms with Crippen LogP contribution in [0.3, 0.4) is 0 Å². The van der Waals surface area contributed by atoms with Gasteiger partial charge in [0.2, 0.25) is 0 Å². The van der Waals surface area contributed by atoms with Crippen LogP contribution in [0.2, 0.25) is 0 Å². The number of nitrogens with two attached hydrogens (primary N) is 3. The zero-order chi connectivity index (χ0) is 24.5. The van der Waals surface area contributed by atoms with Crippen LogP contribution in [-0.2, 0) is 0 Å². The van der Waals surface area contributed by atoms with Gasteiger partial charge in [-0.3, -0.25) is 9.98 Å². The molecule has 0 spiro atoms. The number of aliphatic imine (C=N–C) groups is 2. The minimum absolute atomic E-state index is 0.401. The number of nitrogens with zero attached hydrogens (tertiary/aromatic N) is 2. The van der Waals surface area contributed by atoms with Gasteiger partial charge in [0.05, 0.1) is 6.04 Å². The number of hydrogen-bond donors (Lipinski definition) is 4. The van der Waals surface area contributed by atoms with E-state index in [2.05, 4.69) is 23.8 Å². The third-order valence-electron chi connectivity index (χ3n) is 5.73. The van der Waals surface area contributed by atoms with Crippen molar-refractivity contribution in [2.24, 2.45) is 27.2 Å². The highest BCUT2D eigenvalue weighted by Gasteiger charge is 2.16. The van der Waals surface area contributed by atoms with Gasteiger partial charge in [-0.05, 0) is 55.2 Å². The lowest BCUT2D eigenvalue weighted by Gasteiger charge is -2.21. The molecular formula is C27H44N6. The Balaban J connectivity index is 3.18. The summed E-state index contributed by atoms with van der Waals surface area (Å²) in [5.74, 6) is 0. The van der Waals surface area contributed by atoms with Crippen molar-refractivity contribution in [3.8, 4) is 0 Å². The molecule has 0 aromatic carbocycles. The zero-order valence-electron chi connectivity index (χ0n) is 20.8. The molecule has 6 nitrogen and oxygen atoms in total. The summed E-state index contributed by atoms with van der Waals surface area (Å²) in [6.07, 6.45) is 20.7. The van der Waals surface area contributed by atoms with Gasteiger partial charge in [-0.25, -0.2) is 0 Å². The normalized spacial score (nSPS) is 18.2. The molecule has 0 aromatic rings. The molecule has 1 rings (SSSR count). The molecule has 0 saturated heterocycles. The SMILES string of the molecule is C=CNCCC(=NC1CCCCC1)C(CC)=C(N)/C(C)=C/C=C\C(=C\C(C=NC)=CN)CN. The van der Waals surface area contributed by atoms with Gasteiger partial charge in [0.25, 0.3) is 0 Å². The van der Waals surface area contributed by atoms with Crippen LogP contribution >= 0.6 is 0 Å². The number of allylic oxidation sites excluding steroid dienone is 6. The fourth-order valence-corrected chi connectivity index (χ4v) is 3.88. The molecule has 1 saturated carbocycles. The van der Waals surface area contributed by atoms with Gasteiger partial charge in [0, 0.05) is 56.0 Å². The van der Waals surface area contributed by atoms with Crippen LogP contribution in [0.15, 0.2) is 81.3 Å². The Morgan fingerprint density at radius 3 is 2.52 bits per heavy atom. The molecule has 0 amide bonds. The molecule has 0 unspecified atom stereocenters. The molecule has 0 bridgehead atoms. The van der Waals surface area contributed by atoms with Gasteiger partial charge in [0.15, 0.2) is 0 Å². The maximum atomic E-state index is 6.65. The van der Waals surface area contributed by atoms with Crippen molar-refractivity contribution in [3.05, 3.63) is 71.3 Å². The van der Waals surface area contributed by atoms with Crippen molar-refractivity contribution in [2.75, 3.05) is 20.1 Å². The van der Waals surface area contributed by atoms with Crippen molar-refractivity contribution < 1.29 is 0 Å². The molecule has 1 aliphatic carbocycles. The third-order valence-corrected chi connectivity index (χ3v) is 5.73. The molecule has 0 radical (unpaired) electrons. The molecule has 6 heteroatoms. The highest BCUT2D eigenvalue weighted by atomic mass is 14.8. The molecule has 0 aliphatic heterocycles. The van der Waals surface area contributed by atoms with Gasteiger partial charge in [0.1, 0.15) is 0 Å². The number of nitrogens with one attached hydrogen (secondary N) is 1. The maximum absolute atomic E-state index is 6.65. The van der Waals surface area contributed by atoms with Crippen molar-refractivity contribution in [1.29, 1.82) is 0 Å². The Morgan fingerprint density at radius 1 is 1.21 bits per heavy atom. The van der Waals surface area contributed by atoms with E-state index in [-0.39, 0.29) is 0 Å².